The summed E-state index contributed by atoms with van der Waals surface area (Å²) >= 11 is 0. The van der Waals surface area contributed by atoms with Gasteiger partial charge in [-0.1, -0.05) is 12.1 Å². The van der Waals surface area contributed by atoms with Crippen LogP contribution in [0.15, 0.2) is 12.1 Å². The van der Waals surface area contributed by atoms with Crippen LogP contribution in [0.3, 0.4) is 0 Å². The van der Waals surface area contributed by atoms with Crippen LogP contribution < -0.4 is 10.6 Å². The van der Waals surface area contributed by atoms with Gasteiger partial charge in [-0.3, -0.25) is 4.79 Å². The number of nitrogens with one attached hydrogen (secondary N) is 2. The summed E-state index contributed by atoms with van der Waals surface area (Å²) in [7, 11) is 0. The molecule has 0 unspecified atom stereocenters. The Morgan fingerprint density at radius 1 is 1.20 bits per heavy atom. The van der Waals surface area contributed by atoms with Crippen molar-refractivity contribution in [3.05, 3.63) is 34.6 Å². The summed E-state index contributed by atoms with van der Waals surface area (Å²) in [5.41, 5.74) is 1.91. The SMILES string of the molecule is Cc1cc(CNC(=O)NCCCC(=O)O)cc(C)c1F. The number of hydrogen-bond acceptors (Lipinski definition) is 2. The number of carboxylic acid groups (broad SMARTS) is 1. The summed E-state index contributed by atoms with van der Waals surface area (Å²) < 4.78 is 13.4. The average Bonchev–Trinajstić information content (AvgIpc) is 2.38. The van der Waals surface area contributed by atoms with Crippen LogP contribution in [0.5, 0.6) is 0 Å². The molecule has 0 heterocycles. The maximum Gasteiger partial charge on any atom is 0.315 e. The molecule has 20 heavy (non-hydrogen) atoms. The largest absolute Gasteiger partial charge is 0.481 e. The minimum Gasteiger partial charge on any atom is -0.481 e. The number of aliphatic carboxylic acids is 1. The Balaban J connectivity index is 2.36. The molecule has 0 saturated heterocycles. The minimum atomic E-state index is -0.885. The second-order valence-corrected chi connectivity index (χ2v) is 4.65. The molecule has 3 N–H and O–H groups in total. The number of aryl methyl sites for hydroxylation is 2. The first-order valence-corrected chi connectivity index (χ1v) is 6.39. The van der Waals surface area contributed by atoms with Gasteiger partial charge in [0.15, 0.2) is 0 Å². The average molecular weight is 282 g/mol. The minimum absolute atomic E-state index is 0.0244. The van der Waals surface area contributed by atoms with Gasteiger partial charge >= 0.3 is 12.0 Å². The van der Waals surface area contributed by atoms with E-state index in [1.54, 1.807) is 26.0 Å². The smallest absolute Gasteiger partial charge is 0.315 e. The van der Waals surface area contributed by atoms with E-state index in [9.17, 15) is 14.0 Å². The van der Waals surface area contributed by atoms with Gasteiger partial charge in [-0.15, -0.1) is 0 Å². The second-order valence-electron chi connectivity index (χ2n) is 4.65. The van der Waals surface area contributed by atoms with E-state index in [1.165, 1.54) is 0 Å². The van der Waals surface area contributed by atoms with Crippen molar-refractivity contribution in [3.63, 3.8) is 0 Å². The standard InChI is InChI=1S/C14H19FN2O3/c1-9-6-11(7-10(2)13(9)15)8-17-14(20)16-5-3-4-12(18)19/h6-7H,3-5,8H2,1-2H3,(H,18,19)(H2,16,17,20). The van der Waals surface area contributed by atoms with Gasteiger partial charge in [0, 0.05) is 19.5 Å². The molecule has 0 saturated carbocycles. The van der Waals surface area contributed by atoms with Crippen LogP contribution in [0.2, 0.25) is 0 Å². The van der Waals surface area contributed by atoms with Gasteiger partial charge in [0.1, 0.15) is 5.82 Å². The van der Waals surface area contributed by atoms with Crippen LogP contribution in [0.25, 0.3) is 0 Å². The van der Waals surface area contributed by atoms with E-state index in [0.29, 0.717) is 30.6 Å². The Bertz CT molecular complexity index is 480. The van der Waals surface area contributed by atoms with Crippen molar-refractivity contribution in [3.8, 4) is 0 Å². The summed E-state index contributed by atoms with van der Waals surface area (Å²) in [6, 6.07) is 3.01. The molecule has 5 nitrogen and oxygen atoms in total. The molecule has 0 radical (unpaired) electrons. The Morgan fingerprint density at radius 3 is 2.35 bits per heavy atom. The van der Waals surface area contributed by atoms with E-state index in [4.69, 9.17) is 5.11 Å². The molecule has 0 bridgehead atoms. The fraction of sp³-hybridized carbons (Fsp3) is 0.429. The number of amides is 2. The van der Waals surface area contributed by atoms with E-state index in [0.717, 1.165) is 5.56 Å². The predicted molar refractivity (Wildman–Crippen MR) is 73.0 cm³/mol. The number of urea groups is 1. The first-order valence-electron chi connectivity index (χ1n) is 6.39. The third-order valence-corrected chi connectivity index (χ3v) is 2.80. The first kappa shape index (κ1) is 15.9. The Morgan fingerprint density at radius 2 is 1.80 bits per heavy atom. The zero-order valence-electron chi connectivity index (χ0n) is 11.6. The maximum atomic E-state index is 13.4. The zero-order valence-corrected chi connectivity index (χ0v) is 11.6. The third-order valence-electron chi connectivity index (χ3n) is 2.80. The van der Waals surface area contributed by atoms with Gasteiger partial charge in [0.05, 0.1) is 0 Å². The number of carbonyl (C=O) groups is 2. The zero-order chi connectivity index (χ0) is 15.1. The molecule has 1 aromatic rings. The fourth-order valence-electron chi connectivity index (χ4n) is 1.82. The maximum absolute atomic E-state index is 13.4. The van der Waals surface area contributed by atoms with Crippen molar-refractivity contribution < 1.29 is 19.1 Å². The number of benzene rings is 1. The van der Waals surface area contributed by atoms with E-state index < -0.39 is 5.97 Å². The lowest BCUT2D eigenvalue weighted by molar-refractivity contribution is -0.137. The highest BCUT2D eigenvalue weighted by Crippen LogP contribution is 2.14. The lowest BCUT2D eigenvalue weighted by Crippen LogP contribution is -2.35. The number of hydrogen-bond donors (Lipinski definition) is 3. The molecule has 0 atom stereocenters. The number of rotatable bonds is 6. The van der Waals surface area contributed by atoms with Crippen molar-refractivity contribution >= 4 is 12.0 Å². The van der Waals surface area contributed by atoms with Gasteiger partial charge in [-0.25, -0.2) is 9.18 Å². The topological polar surface area (TPSA) is 78.4 Å². The van der Waals surface area contributed by atoms with Crippen LogP contribution in [-0.4, -0.2) is 23.7 Å². The van der Waals surface area contributed by atoms with Crippen LogP contribution in [0, 0.1) is 19.7 Å². The summed E-state index contributed by atoms with van der Waals surface area (Å²) in [5.74, 6) is -1.11. The number of halogens is 1. The molecule has 1 aromatic carbocycles. The molecule has 0 spiro atoms. The first-order chi connectivity index (χ1) is 9.40. The van der Waals surface area contributed by atoms with E-state index in [2.05, 4.69) is 10.6 Å². The lowest BCUT2D eigenvalue weighted by atomic mass is 10.1. The molecular weight excluding hydrogens is 263 g/mol. The van der Waals surface area contributed by atoms with Crippen molar-refractivity contribution in [2.24, 2.45) is 0 Å². The Kier molecular flexibility index (Phi) is 5.96. The number of carboxylic acids is 1. The normalized spacial score (nSPS) is 10.2. The Labute approximate surface area is 117 Å². The molecule has 110 valence electrons. The molecule has 6 heteroatoms. The molecular formula is C14H19FN2O3. The van der Waals surface area contributed by atoms with E-state index >= 15 is 0 Å². The van der Waals surface area contributed by atoms with Crippen molar-refractivity contribution in [2.75, 3.05) is 6.54 Å². The quantitative estimate of drug-likeness (QED) is 0.699. The van der Waals surface area contributed by atoms with Crippen molar-refractivity contribution in [2.45, 2.75) is 33.2 Å². The monoisotopic (exact) mass is 282 g/mol. The van der Waals surface area contributed by atoms with Gasteiger partial charge in [0.2, 0.25) is 0 Å². The van der Waals surface area contributed by atoms with Crippen molar-refractivity contribution in [1.29, 1.82) is 0 Å². The van der Waals surface area contributed by atoms with E-state index in [-0.39, 0.29) is 18.3 Å². The highest BCUT2D eigenvalue weighted by atomic mass is 19.1. The van der Waals surface area contributed by atoms with Gasteiger partial charge in [0.25, 0.3) is 0 Å². The fourth-order valence-corrected chi connectivity index (χ4v) is 1.82. The summed E-state index contributed by atoms with van der Waals surface area (Å²) in [4.78, 5) is 21.7. The lowest BCUT2D eigenvalue weighted by Gasteiger charge is -2.09. The van der Waals surface area contributed by atoms with Crippen LogP contribution in [0.4, 0.5) is 9.18 Å². The molecule has 0 aliphatic rings. The molecule has 0 fully saturated rings. The molecule has 2 amide bonds. The predicted octanol–water partition coefficient (Wildman–Crippen LogP) is 2.11. The van der Waals surface area contributed by atoms with Gasteiger partial charge < -0.3 is 15.7 Å². The second kappa shape index (κ2) is 7.47. The van der Waals surface area contributed by atoms with Crippen LogP contribution in [-0.2, 0) is 11.3 Å². The highest BCUT2D eigenvalue weighted by Gasteiger charge is 2.06. The third kappa shape index (κ3) is 5.26. The molecule has 0 aliphatic heterocycles. The van der Waals surface area contributed by atoms with Gasteiger partial charge in [-0.05, 0) is 37.0 Å². The molecule has 0 aromatic heterocycles. The molecule has 1 rings (SSSR count). The summed E-state index contributed by atoms with van der Waals surface area (Å²) in [5, 5.41) is 13.6. The summed E-state index contributed by atoms with van der Waals surface area (Å²) in [6.45, 7) is 3.96. The van der Waals surface area contributed by atoms with E-state index in [1.807, 2.05) is 0 Å². The highest BCUT2D eigenvalue weighted by molar-refractivity contribution is 5.74. The summed E-state index contributed by atoms with van der Waals surface area (Å²) in [6.07, 6.45) is 0.411. The molecule has 0 aliphatic carbocycles. The van der Waals surface area contributed by atoms with Crippen molar-refractivity contribution in [1.82, 2.24) is 10.6 Å². The van der Waals surface area contributed by atoms with Gasteiger partial charge in [-0.2, -0.15) is 0 Å². The Hall–Kier alpha value is -2.11. The van der Waals surface area contributed by atoms with Crippen LogP contribution >= 0.6 is 0 Å². The van der Waals surface area contributed by atoms with Crippen LogP contribution in [0.1, 0.15) is 29.5 Å². The number of carbonyl (C=O) groups excluding carboxylic acids is 1.